The van der Waals surface area contributed by atoms with Crippen LogP contribution in [0.15, 0.2) is 53.6 Å². The number of non-ortho nitro benzene ring substituents is 1. The number of nitrogens with one attached hydrogen (secondary N) is 1. The lowest BCUT2D eigenvalue weighted by Crippen LogP contribution is -1.93. The van der Waals surface area contributed by atoms with Crippen molar-refractivity contribution < 1.29 is 9.31 Å². The van der Waals surface area contributed by atoms with Crippen molar-refractivity contribution in [1.29, 1.82) is 0 Å². The Kier molecular flexibility index (Phi) is 3.82. The minimum atomic E-state index is -0.477. The number of nitro groups is 1. The Morgan fingerprint density at radius 1 is 1.21 bits per heavy atom. The maximum atomic E-state index is 12.7. The lowest BCUT2D eigenvalue weighted by molar-refractivity contribution is -0.384. The third-order valence-corrected chi connectivity index (χ3v) is 2.33. The Labute approximate surface area is 108 Å². The summed E-state index contributed by atoms with van der Waals surface area (Å²) in [6.07, 6.45) is 1.50. The molecule has 0 amide bonds. The van der Waals surface area contributed by atoms with Gasteiger partial charge in [0, 0.05) is 12.1 Å². The van der Waals surface area contributed by atoms with E-state index in [1.54, 1.807) is 24.3 Å². The Balaban J connectivity index is 2.04. The fourth-order valence-corrected chi connectivity index (χ4v) is 1.42. The number of nitrogens with zero attached hydrogens (tertiary/aromatic N) is 2. The Morgan fingerprint density at radius 2 is 1.95 bits per heavy atom. The zero-order valence-corrected chi connectivity index (χ0v) is 9.79. The van der Waals surface area contributed by atoms with Crippen LogP contribution in [0.2, 0.25) is 0 Å². The highest BCUT2D eigenvalue weighted by molar-refractivity contribution is 5.80. The van der Waals surface area contributed by atoms with Crippen LogP contribution in [0.3, 0.4) is 0 Å². The molecule has 0 unspecified atom stereocenters. The van der Waals surface area contributed by atoms with Crippen LogP contribution in [0.25, 0.3) is 0 Å². The molecular weight excluding hydrogens is 249 g/mol. The summed E-state index contributed by atoms with van der Waals surface area (Å²) in [5, 5.41) is 14.5. The quantitative estimate of drug-likeness (QED) is 0.521. The van der Waals surface area contributed by atoms with Gasteiger partial charge in [0.1, 0.15) is 5.82 Å². The molecule has 0 spiro atoms. The van der Waals surface area contributed by atoms with E-state index in [0.29, 0.717) is 5.69 Å². The summed E-state index contributed by atoms with van der Waals surface area (Å²) in [5.74, 6) is -0.316. The summed E-state index contributed by atoms with van der Waals surface area (Å²) >= 11 is 0. The number of anilines is 1. The molecule has 6 heteroatoms. The van der Waals surface area contributed by atoms with Gasteiger partial charge in [-0.15, -0.1) is 0 Å². The highest BCUT2D eigenvalue weighted by Crippen LogP contribution is 2.16. The number of hydrogen-bond acceptors (Lipinski definition) is 4. The van der Waals surface area contributed by atoms with Crippen molar-refractivity contribution in [1.82, 2.24) is 0 Å². The summed E-state index contributed by atoms with van der Waals surface area (Å²) in [6.45, 7) is 0. The molecule has 5 nitrogen and oxygen atoms in total. The first-order valence-electron chi connectivity index (χ1n) is 5.44. The van der Waals surface area contributed by atoms with E-state index in [-0.39, 0.29) is 11.5 Å². The molecule has 0 heterocycles. The van der Waals surface area contributed by atoms with Crippen molar-refractivity contribution in [2.45, 2.75) is 0 Å². The summed E-state index contributed by atoms with van der Waals surface area (Å²) in [5.41, 5.74) is 3.89. The molecule has 0 fully saturated rings. The van der Waals surface area contributed by atoms with Gasteiger partial charge in [-0.1, -0.05) is 18.2 Å². The third-order valence-electron chi connectivity index (χ3n) is 2.33. The van der Waals surface area contributed by atoms with Crippen molar-refractivity contribution in [2.24, 2.45) is 5.10 Å². The highest BCUT2D eigenvalue weighted by Gasteiger charge is 2.04. The molecule has 0 bridgehead atoms. The van der Waals surface area contributed by atoms with Crippen LogP contribution in [0, 0.1) is 15.9 Å². The van der Waals surface area contributed by atoms with Crippen molar-refractivity contribution in [3.05, 3.63) is 70.0 Å². The molecule has 2 rings (SSSR count). The molecule has 0 aliphatic heterocycles. The first-order chi connectivity index (χ1) is 9.15. The molecule has 96 valence electrons. The predicted molar refractivity (Wildman–Crippen MR) is 70.7 cm³/mol. The minimum Gasteiger partial charge on any atom is -0.278 e. The van der Waals surface area contributed by atoms with Crippen molar-refractivity contribution >= 4 is 17.6 Å². The van der Waals surface area contributed by atoms with E-state index < -0.39 is 4.92 Å². The Bertz CT molecular complexity index is 612. The largest absolute Gasteiger partial charge is 0.278 e. The summed E-state index contributed by atoms with van der Waals surface area (Å²) in [4.78, 5) is 10.1. The molecule has 2 aromatic rings. The van der Waals surface area contributed by atoms with E-state index in [1.807, 2.05) is 0 Å². The van der Waals surface area contributed by atoms with Crippen LogP contribution in [0.4, 0.5) is 15.8 Å². The van der Waals surface area contributed by atoms with Gasteiger partial charge in [-0.2, -0.15) is 5.10 Å². The normalized spacial score (nSPS) is 10.6. The number of benzene rings is 2. The van der Waals surface area contributed by atoms with Crippen LogP contribution in [0.1, 0.15) is 5.56 Å². The van der Waals surface area contributed by atoms with Gasteiger partial charge >= 0.3 is 0 Å². The first kappa shape index (κ1) is 12.7. The molecular formula is C13H10FN3O2. The van der Waals surface area contributed by atoms with Gasteiger partial charge in [-0.25, -0.2) is 4.39 Å². The van der Waals surface area contributed by atoms with E-state index >= 15 is 0 Å². The van der Waals surface area contributed by atoms with Crippen LogP contribution in [0.5, 0.6) is 0 Å². The number of nitro benzene ring substituents is 1. The second-order valence-electron chi connectivity index (χ2n) is 3.73. The van der Waals surface area contributed by atoms with Gasteiger partial charge < -0.3 is 0 Å². The van der Waals surface area contributed by atoms with Crippen LogP contribution < -0.4 is 5.43 Å². The fraction of sp³-hybridized carbons (Fsp3) is 0. The minimum absolute atomic E-state index is 0.0121. The van der Waals surface area contributed by atoms with Crippen LogP contribution >= 0.6 is 0 Å². The molecule has 0 aromatic heterocycles. The van der Waals surface area contributed by atoms with Crippen molar-refractivity contribution in [3.63, 3.8) is 0 Å². The van der Waals surface area contributed by atoms with Crippen molar-refractivity contribution in [3.8, 4) is 0 Å². The number of hydrogen-bond donors (Lipinski definition) is 1. The Morgan fingerprint density at radius 3 is 2.63 bits per heavy atom. The van der Waals surface area contributed by atoms with Gasteiger partial charge in [0.15, 0.2) is 0 Å². The predicted octanol–water partition coefficient (Wildman–Crippen LogP) is 3.18. The van der Waals surface area contributed by atoms with E-state index in [1.165, 1.54) is 30.5 Å². The maximum Gasteiger partial charge on any atom is 0.271 e. The number of rotatable bonds is 4. The molecule has 0 saturated heterocycles. The molecule has 0 aliphatic rings. The summed E-state index contributed by atoms with van der Waals surface area (Å²) in [6, 6.07) is 11.8. The summed E-state index contributed by atoms with van der Waals surface area (Å²) < 4.78 is 12.7. The molecule has 0 saturated carbocycles. The van der Waals surface area contributed by atoms with Gasteiger partial charge in [0.25, 0.3) is 5.69 Å². The maximum absolute atomic E-state index is 12.7. The monoisotopic (exact) mass is 259 g/mol. The number of halogens is 1. The van der Waals surface area contributed by atoms with Gasteiger partial charge in [-0.3, -0.25) is 15.5 Å². The fourth-order valence-electron chi connectivity index (χ4n) is 1.42. The van der Waals surface area contributed by atoms with Gasteiger partial charge in [0.05, 0.1) is 16.8 Å². The lowest BCUT2D eigenvalue weighted by Gasteiger charge is -1.99. The first-order valence-corrected chi connectivity index (χ1v) is 5.44. The lowest BCUT2D eigenvalue weighted by atomic mass is 10.2. The topological polar surface area (TPSA) is 67.5 Å². The average Bonchev–Trinajstić information content (AvgIpc) is 2.41. The van der Waals surface area contributed by atoms with Crippen LogP contribution in [-0.4, -0.2) is 11.1 Å². The zero-order valence-electron chi connectivity index (χ0n) is 9.79. The van der Waals surface area contributed by atoms with E-state index in [4.69, 9.17) is 0 Å². The number of hydrazone groups is 1. The van der Waals surface area contributed by atoms with Crippen molar-refractivity contribution in [2.75, 3.05) is 5.43 Å². The molecule has 2 aromatic carbocycles. The molecule has 0 atom stereocenters. The standard InChI is InChI=1S/C13H10FN3O2/c14-11-6-4-10(5-7-11)9-15-16-12-2-1-3-13(8-12)17(18)19/h1-9,16H/b15-9+. The molecule has 0 aliphatic carbocycles. The van der Waals surface area contributed by atoms with Gasteiger partial charge in [0.2, 0.25) is 0 Å². The van der Waals surface area contributed by atoms with E-state index in [2.05, 4.69) is 10.5 Å². The Hall–Kier alpha value is -2.76. The van der Waals surface area contributed by atoms with E-state index in [9.17, 15) is 14.5 Å². The third kappa shape index (κ3) is 3.60. The second-order valence-corrected chi connectivity index (χ2v) is 3.73. The van der Waals surface area contributed by atoms with E-state index in [0.717, 1.165) is 5.56 Å². The highest BCUT2D eigenvalue weighted by atomic mass is 19.1. The average molecular weight is 259 g/mol. The van der Waals surface area contributed by atoms with Gasteiger partial charge in [-0.05, 0) is 23.8 Å². The second kappa shape index (κ2) is 5.72. The van der Waals surface area contributed by atoms with Crippen LogP contribution in [-0.2, 0) is 0 Å². The smallest absolute Gasteiger partial charge is 0.271 e. The molecule has 0 radical (unpaired) electrons. The SMILES string of the molecule is O=[N+]([O-])c1cccc(N/N=C/c2ccc(F)cc2)c1. The summed E-state index contributed by atoms with van der Waals surface area (Å²) in [7, 11) is 0. The zero-order chi connectivity index (χ0) is 13.7. The molecule has 1 N–H and O–H groups in total. The molecule has 19 heavy (non-hydrogen) atoms.